The predicted octanol–water partition coefficient (Wildman–Crippen LogP) is 12.6. The summed E-state index contributed by atoms with van der Waals surface area (Å²) >= 11 is 0. The number of rotatable bonds is 4. The van der Waals surface area contributed by atoms with Gasteiger partial charge in [0.25, 0.3) is 0 Å². The molecule has 6 aliphatic rings. The molecule has 0 N–H and O–H groups in total. The van der Waals surface area contributed by atoms with Crippen molar-refractivity contribution in [2.45, 2.75) is 82.5 Å². The Hall–Kier alpha value is -4.30. The number of anilines is 3. The van der Waals surface area contributed by atoms with E-state index in [1.165, 1.54) is 83.3 Å². The van der Waals surface area contributed by atoms with Gasteiger partial charge in [-0.05, 0) is 137 Å². The summed E-state index contributed by atoms with van der Waals surface area (Å²) in [5.74, 6) is 5.37. The van der Waals surface area contributed by atoms with Crippen LogP contribution in [0.15, 0.2) is 115 Å². The van der Waals surface area contributed by atoms with Crippen molar-refractivity contribution in [3.63, 3.8) is 0 Å². The third-order valence-electron chi connectivity index (χ3n) is 15.0. The van der Waals surface area contributed by atoms with Gasteiger partial charge in [0.2, 0.25) is 0 Å². The fourth-order valence-corrected chi connectivity index (χ4v) is 12.9. The highest BCUT2D eigenvalue weighted by molar-refractivity contribution is 5.82. The van der Waals surface area contributed by atoms with Crippen LogP contribution in [-0.4, -0.2) is 0 Å². The maximum atomic E-state index is 7.15. The number of hydrogen-bond donors (Lipinski definition) is 0. The van der Waals surface area contributed by atoms with Crippen LogP contribution in [0.2, 0.25) is 0 Å². The third-order valence-corrected chi connectivity index (χ3v) is 15.0. The summed E-state index contributed by atoms with van der Waals surface area (Å²) < 4.78 is 7.15. The number of ether oxygens (including phenoxy) is 1. The summed E-state index contributed by atoms with van der Waals surface area (Å²) in [7, 11) is 0. The first-order valence-electron chi connectivity index (χ1n) is 19.2. The van der Waals surface area contributed by atoms with Crippen molar-refractivity contribution in [1.82, 2.24) is 0 Å². The molecule has 2 bridgehead atoms. The molecule has 0 saturated heterocycles. The smallest absolute Gasteiger partial charge is 0.133 e. The molecule has 50 heavy (non-hydrogen) atoms. The van der Waals surface area contributed by atoms with Crippen LogP contribution < -0.4 is 9.64 Å². The van der Waals surface area contributed by atoms with Gasteiger partial charge < -0.3 is 9.64 Å². The van der Waals surface area contributed by atoms with Crippen molar-refractivity contribution >= 4 is 17.1 Å². The second-order valence-electron chi connectivity index (χ2n) is 18.1. The van der Waals surface area contributed by atoms with Crippen LogP contribution in [0.1, 0.15) is 88.5 Å². The van der Waals surface area contributed by atoms with Gasteiger partial charge in [-0.25, -0.2) is 0 Å². The minimum Gasteiger partial charge on any atom is -0.457 e. The van der Waals surface area contributed by atoms with Crippen molar-refractivity contribution in [2.24, 2.45) is 29.1 Å². The van der Waals surface area contributed by atoms with Crippen LogP contribution in [0.4, 0.5) is 17.1 Å². The van der Waals surface area contributed by atoms with Crippen LogP contribution in [0.3, 0.4) is 0 Å². The molecule has 1 aliphatic heterocycles. The number of fused-ring (bicyclic) bond motifs is 8. The van der Waals surface area contributed by atoms with E-state index in [9.17, 15) is 0 Å². The topological polar surface area (TPSA) is 12.5 Å². The second-order valence-corrected chi connectivity index (χ2v) is 18.1. The molecule has 5 aliphatic carbocycles. The van der Waals surface area contributed by atoms with E-state index in [1.807, 2.05) is 0 Å². The number of benzene rings is 5. The lowest BCUT2D eigenvalue weighted by molar-refractivity contribution is -0.234. The van der Waals surface area contributed by atoms with Crippen molar-refractivity contribution in [3.8, 4) is 22.6 Å². The van der Waals surface area contributed by atoms with Gasteiger partial charge in [0, 0.05) is 39.7 Å². The Kier molecular flexibility index (Phi) is 5.72. The molecule has 1 heterocycles. The van der Waals surface area contributed by atoms with E-state index in [2.05, 4.69) is 148 Å². The molecule has 0 radical (unpaired) electrons. The van der Waals surface area contributed by atoms with Crippen molar-refractivity contribution in [3.05, 3.63) is 138 Å². The van der Waals surface area contributed by atoms with E-state index in [0.29, 0.717) is 17.3 Å². The van der Waals surface area contributed by atoms with Gasteiger partial charge in [0.05, 0.1) is 0 Å². The zero-order valence-corrected chi connectivity index (χ0v) is 29.9. The monoisotopic (exact) mass is 653 g/mol. The molecule has 2 heteroatoms. The summed E-state index contributed by atoms with van der Waals surface area (Å²) in [6, 6.07) is 43.4. The van der Waals surface area contributed by atoms with Gasteiger partial charge in [-0.2, -0.15) is 0 Å². The van der Waals surface area contributed by atoms with Crippen molar-refractivity contribution < 1.29 is 4.74 Å². The Labute approximate surface area is 297 Å². The van der Waals surface area contributed by atoms with Crippen LogP contribution in [0.5, 0.6) is 11.5 Å². The number of para-hydroxylation sites is 1. The molecule has 4 fully saturated rings. The standard InChI is InChI=1S/C48H47NO/c1-45(2)22-23-46(3,4)39-27-34(18-20-37(39)45)49(33-14-9-6-10-15-33)35-19-21-38-41(28-35)50-40-17-11-16-36(31-12-7-5-8-13-31)44(40)48(38)42-25-30-24-32-26-43(48)47(32,42)29-30/h5-21,27-28,30,32,42-43H,22-26,29H2,1-4H3. The second kappa shape index (κ2) is 9.72. The van der Waals surface area contributed by atoms with Gasteiger partial charge >= 0.3 is 0 Å². The lowest BCUT2D eigenvalue weighted by Crippen LogP contribution is -2.74. The lowest BCUT2D eigenvalue weighted by Gasteiger charge is -2.77. The number of hydrogen-bond acceptors (Lipinski definition) is 2. The Bertz CT molecular complexity index is 2200. The molecule has 0 amide bonds. The highest BCUT2D eigenvalue weighted by atomic mass is 16.5. The fourth-order valence-electron chi connectivity index (χ4n) is 12.9. The van der Waals surface area contributed by atoms with E-state index in [0.717, 1.165) is 29.0 Å². The molecule has 250 valence electrons. The molecule has 5 aromatic carbocycles. The Morgan fingerprint density at radius 2 is 1.26 bits per heavy atom. The summed E-state index contributed by atoms with van der Waals surface area (Å²) in [4.78, 5) is 2.46. The molecular formula is C48H47NO. The highest BCUT2D eigenvalue weighted by Crippen LogP contribution is 2.89. The normalized spacial score (nSPS) is 31.0. The SMILES string of the molecule is CC1(C)CCC(C)(C)c2cc(N(c3ccccc3)c3ccc4c(c3)Oc3cccc(-c5ccccc5)c3C43C4CC5CC6CC3C64C5)ccc21. The van der Waals surface area contributed by atoms with Crippen LogP contribution >= 0.6 is 0 Å². The molecule has 2 spiro atoms. The first kappa shape index (κ1) is 29.4. The van der Waals surface area contributed by atoms with Gasteiger partial charge in [0.15, 0.2) is 0 Å². The van der Waals surface area contributed by atoms with E-state index in [1.54, 1.807) is 0 Å². The zero-order valence-electron chi connectivity index (χ0n) is 29.9. The zero-order chi connectivity index (χ0) is 33.6. The van der Waals surface area contributed by atoms with Gasteiger partial charge in [0.1, 0.15) is 11.5 Å². The first-order valence-corrected chi connectivity index (χ1v) is 19.2. The van der Waals surface area contributed by atoms with Crippen LogP contribution in [0.25, 0.3) is 11.1 Å². The maximum absolute atomic E-state index is 7.15. The van der Waals surface area contributed by atoms with E-state index in [4.69, 9.17) is 4.74 Å². The Balaban J connectivity index is 1.10. The van der Waals surface area contributed by atoms with E-state index < -0.39 is 0 Å². The molecule has 2 nitrogen and oxygen atoms in total. The van der Waals surface area contributed by atoms with E-state index >= 15 is 0 Å². The van der Waals surface area contributed by atoms with Crippen LogP contribution in [0, 0.1) is 29.1 Å². The lowest BCUT2D eigenvalue weighted by atomic mass is 9.26. The highest BCUT2D eigenvalue weighted by Gasteiger charge is 2.84. The van der Waals surface area contributed by atoms with Gasteiger partial charge in [-0.3, -0.25) is 0 Å². The Morgan fingerprint density at radius 3 is 2.02 bits per heavy atom. The quantitative estimate of drug-likeness (QED) is 0.191. The Morgan fingerprint density at radius 1 is 0.580 bits per heavy atom. The third kappa shape index (κ3) is 3.56. The maximum Gasteiger partial charge on any atom is 0.133 e. The molecular weight excluding hydrogens is 607 g/mol. The molecule has 6 unspecified atom stereocenters. The molecule has 4 saturated carbocycles. The van der Waals surface area contributed by atoms with Crippen molar-refractivity contribution in [1.29, 1.82) is 0 Å². The molecule has 5 aromatic rings. The average molecular weight is 654 g/mol. The van der Waals surface area contributed by atoms with E-state index in [-0.39, 0.29) is 16.2 Å². The minimum atomic E-state index is 0.0125. The average Bonchev–Trinajstić information content (AvgIpc) is 3.66. The van der Waals surface area contributed by atoms with Gasteiger partial charge in [-0.15, -0.1) is 0 Å². The fraction of sp³-hybridized carbons (Fsp3) is 0.375. The predicted molar refractivity (Wildman–Crippen MR) is 204 cm³/mol. The molecule has 6 atom stereocenters. The summed E-state index contributed by atoms with van der Waals surface area (Å²) in [5, 5.41) is 0. The summed E-state index contributed by atoms with van der Waals surface area (Å²) in [6.45, 7) is 9.69. The minimum absolute atomic E-state index is 0.0125. The molecule has 0 aromatic heterocycles. The summed E-state index contributed by atoms with van der Waals surface area (Å²) in [6.07, 6.45) is 8.09. The first-order chi connectivity index (χ1) is 24.2. The summed E-state index contributed by atoms with van der Waals surface area (Å²) in [5.41, 5.74) is 13.0. The molecule has 11 rings (SSSR count). The van der Waals surface area contributed by atoms with Crippen molar-refractivity contribution in [2.75, 3.05) is 4.90 Å². The largest absolute Gasteiger partial charge is 0.457 e. The number of nitrogens with zero attached hydrogens (tertiary/aromatic N) is 1. The van der Waals surface area contributed by atoms with Gasteiger partial charge in [-0.1, -0.05) is 100 Å². The van der Waals surface area contributed by atoms with Crippen LogP contribution in [-0.2, 0) is 16.2 Å².